The Hall–Kier alpha value is -0.0400. The lowest BCUT2D eigenvalue weighted by Crippen LogP contribution is -2.51. The summed E-state index contributed by atoms with van der Waals surface area (Å²) in [4.78, 5) is 0. The maximum atomic E-state index is 3.62. The van der Waals surface area contributed by atoms with Gasteiger partial charge in [0, 0.05) is 5.54 Å². The van der Waals surface area contributed by atoms with Gasteiger partial charge < -0.3 is 5.32 Å². The highest BCUT2D eigenvalue weighted by molar-refractivity contribution is 5.01. The Kier molecular flexibility index (Phi) is 2.04. The predicted octanol–water partition coefficient (Wildman–Crippen LogP) is 2.42. The number of nitrogens with one attached hydrogen (secondary N) is 1. The van der Waals surface area contributed by atoms with Crippen molar-refractivity contribution >= 4 is 0 Å². The summed E-state index contributed by atoms with van der Waals surface area (Å²) in [5, 5.41) is 3.62. The molecule has 0 spiro atoms. The Morgan fingerprint density at radius 1 is 1.36 bits per heavy atom. The van der Waals surface area contributed by atoms with Crippen LogP contribution in [0.3, 0.4) is 0 Å². The van der Waals surface area contributed by atoms with E-state index in [1.54, 1.807) is 0 Å². The van der Waals surface area contributed by atoms with E-state index in [1.165, 1.54) is 13.0 Å². The Bertz CT molecular complexity index is 145. The van der Waals surface area contributed by atoms with E-state index in [2.05, 4.69) is 39.9 Å². The van der Waals surface area contributed by atoms with Crippen molar-refractivity contribution in [3.8, 4) is 0 Å². The van der Waals surface area contributed by atoms with Gasteiger partial charge in [-0.3, -0.25) is 0 Å². The average molecular weight is 155 g/mol. The van der Waals surface area contributed by atoms with E-state index in [4.69, 9.17) is 0 Å². The zero-order chi connectivity index (χ0) is 8.70. The van der Waals surface area contributed by atoms with Crippen LogP contribution in [0.15, 0.2) is 0 Å². The van der Waals surface area contributed by atoms with Crippen LogP contribution in [0, 0.1) is 11.3 Å². The topological polar surface area (TPSA) is 12.0 Å². The summed E-state index contributed by atoms with van der Waals surface area (Å²) in [5.74, 6) is 0.808. The van der Waals surface area contributed by atoms with Crippen molar-refractivity contribution < 1.29 is 0 Å². The first-order chi connectivity index (χ1) is 4.88. The molecule has 66 valence electrons. The summed E-state index contributed by atoms with van der Waals surface area (Å²) >= 11 is 0. The van der Waals surface area contributed by atoms with Crippen molar-refractivity contribution in [2.75, 3.05) is 6.54 Å². The summed E-state index contributed by atoms with van der Waals surface area (Å²) in [6.45, 7) is 12.9. The molecule has 1 heterocycles. The molecule has 11 heavy (non-hydrogen) atoms. The van der Waals surface area contributed by atoms with E-state index in [0.717, 1.165) is 5.92 Å². The molecule has 1 rings (SSSR count). The van der Waals surface area contributed by atoms with Gasteiger partial charge in [0.05, 0.1) is 0 Å². The summed E-state index contributed by atoms with van der Waals surface area (Å²) in [5.41, 5.74) is 0.718. The monoisotopic (exact) mass is 155 g/mol. The Balaban J connectivity index is 2.81. The van der Waals surface area contributed by atoms with Gasteiger partial charge in [-0.2, -0.15) is 0 Å². The summed E-state index contributed by atoms with van der Waals surface area (Å²) in [6.07, 6.45) is 1.33. The standard InChI is InChI=1S/C10H21N/c1-8-6-7-11-10(8,5)9(2,3)4/h8,11H,6-7H2,1-5H3/t8-,10-/m0/s1. The SMILES string of the molecule is C[C@H]1CCN[C@]1(C)C(C)(C)C. The fourth-order valence-corrected chi connectivity index (χ4v) is 2.02. The molecular weight excluding hydrogens is 134 g/mol. The molecule has 0 aliphatic carbocycles. The summed E-state index contributed by atoms with van der Waals surface area (Å²) in [6, 6.07) is 0. The zero-order valence-corrected chi connectivity index (χ0v) is 8.49. The third-order valence-electron chi connectivity index (χ3n) is 3.61. The van der Waals surface area contributed by atoms with Gasteiger partial charge in [0.1, 0.15) is 0 Å². The lowest BCUT2D eigenvalue weighted by molar-refractivity contribution is 0.136. The van der Waals surface area contributed by atoms with Crippen LogP contribution >= 0.6 is 0 Å². The Labute approximate surface area is 70.6 Å². The second-order valence-corrected chi connectivity index (χ2v) is 5.07. The Morgan fingerprint density at radius 3 is 2.09 bits per heavy atom. The molecule has 1 aliphatic heterocycles. The van der Waals surface area contributed by atoms with Gasteiger partial charge in [-0.1, -0.05) is 27.7 Å². The quantitative estimate of drug-likeness (QED) is 0.566. The van der Waals surface area contributed by atoms with E-state index >= 15 is 0 Å². The van der Waals surface area contributed by atoms with E-state index in [-0.39, 0.29) is 0 Å². The van der Waals surface area contributed by atoms with Crippen LogP contribution in [-0.2, 0) is 0 Å². The molecule has 1 N–H and O–H groups in total. The normalized spacial score (nSPS) is 39.5. The molecule has 0 saturated carbocycles. The zero-order valence-electron chi connectivity index (χ0n) is 8.49. The van der Waals surface area contributed by atoms with Crippen molar-refractivity contribution in [1.82, 2.24) is 5.32 Å². The van der Waals surface area contributed by atoms with Crippen molar-refractivity contribution in [2.24, 2.45) is 11.3 Å². The first-order valence-electron chi connectivity index (χ1n) is 4.63. The minimum atomic E-state index is 0.340. The second kappa shape index (κ2) is 2.48. The fourth-order valence-electron chi connectivity index (χ4n) is 2.02. The minimum Gasteiger partial charge on any atom is -0.311 e. The molecule has 0 unspecified atom stereocenters. The van der Waals surface area contributed by atoms with Crippen LogP contribution in [0.1, 0.15) is 41.0 Å². The van der Waals surface area contributed by atoms with Gasteiger partial charge in [-0.05, 0) is 31.2 Å². The molecule has 2 atom stereocenters. The molecule has 1 aliphatic rings. The number of hydrogen-bond donors (Lipinski definition) is 1. The molecule has 0 aromatic carbocycles. The lowest BCUT2D eigenvalue weighted by Gasteiger charge is -2.42. The first kappa shape index (κ1) is 9.05. The molecule has 0 bridgehead atoms. The van der Waals surface area contributed by atoms with Crippen molar-refractivity contribution in [2.45, 2.75) is 46.6 Å². The van der Waals surface area contributed by atoms with Crippen LogP contribution in [-0.4, -0.2) is 12.1 Å². The van der Waals surface area contributed by atoms with E-state index in [0.29, 0.717) is 11.0 Å². The Morgan fingerprint density at radius 2 is 1.91 bits per heavy atom. The third-order valence-corrected chi connectivity index (χ3v) is 3.61. The van der Waals surface area contributed by atoms with Gasteiger partial charge in [-0.15, -0.1) is 0 Å². The summed E-state index contributed by atoms with van der Waals surface area (Å²) in [7, 11) is 0. The summed E-state index contributed by atoms with van der Waals surface area (Å²) < 4.78 is 0. The van der Waals surface area contributed by atoms with Gasteiger partial charge in [0.15, 0.2) is 0 Å². The van der Waals surface area contributed by atoms with Gasteiger partial charge >= 0.3 is 0 Å². The highest BCUT2D eigenvalue weighted by atomic mass is 15.0. The molecule has 1 heteroatoms. The molecule has 0 aromatic rings. The van der Waals surface area contributed by atoms with Crippen molar-refractivity contribution in [3.05, 3.63) is 0 Å². The number of hydrogen-bond acceptors (Lipinski definition) is 1. The highest BCUT2D eigenvalue weighted by Crippen LogP contribution is 2.40. The van der Waals surface area contributed by atoms with E-state index in [9.17, 15) is 0 Å². The maximum absolute atomic E-state index is 3.62. The predicted molar refractivity (Wildman–Crippen MR) is 49.6 cm³/mol. The number of rotatable bonds is 0. The molecule has 0 aromatic heterocycles. The van der Waals surface area contributed by atoms with Gasteiger partial charge in [0.2, 0.25) is 0 Å². The molecule has 0 radical (unpaired) electrons. The first-order valence-corrected chi connectivity index (χ1v) is 4.63. The molecule has 0 amide bonds. The second-order valence-electron chi connectivity index (χ2n) is 5.07. The van der Waals surface area contributed by atoms with E-state index in [1.807, 2.05) is 0 Å². The fraction of sp³-hybridized carbons (Fsp3) is 1.00. The van der Waals surface area contributed by atoms with Crippen LogP contribution < -0.4 is 5.32 Å². The largest absolute Gasteiger partial charge is 0.311 e. The van der Waals surface area contributed by atoms with E-state index < -0.39 is 0 Å². The molecule has 1 fully saturated rings. The maximum Gasteiger partial charge on any atom is 0.0227 e. The van der Waals surface area contributed by atoms with Crippen LogP contribution in [0.25, 0.3) is 0 Å². The third kappa shape index (κ3) is 1.31. The van der Waals surface area contributed by atoms with Crippen molar-refractivity contribution in [3.63, 3.8) is 0 Å². The minimum absolute atomic E-state index is 0.340. The lowest BCUT2D eigenvalue weighted by atomic mass is 9.69. The van der Waals surface area contributed by atoms with Crippen LogP contribution in [0.4, 0.5) is 0 Å². The molecular formula is C10H21N. The van der Waals surface area contributed by atoms with Crippen LogP contribution in [0.2, 0.25) is 0 Å². The van der Waals surface area contributed by atoms with Gasteiger partial charge in [-0.25, -0.2) is 0 Å². The van der Waals surface area contributed by atoms with Crippen LogP contribution in [0.5, 0.6) is 0 Å². The van der Waals surface area contributed by atoms with Gasteiger partial charge in [0.25, 0.3) is 0 Å². The highest BCUT2D eigenvalue weighted by Gasteiger charge is 2.44. The smallest absolute Gasteiger partial charge is 0.0227 e. The average Bonchev–Trinajstić information content (AvgIpc) is 2.12. The molecule has 1 saturated heterocycles. The van der Waals surface area contributed by atoms with Crippen molar-refractivity contribution in [1.29, 1.82) is 0 Å². The molecule has 1 nitrogen and oxygen atoms in total.